The molecule has 9 N–H and O–H groups in total. The van der Waals surface area contributed by atoms with Crippen molar-refractivity contribution >= 4 is 23.7 Å². The summed E-state index contributed by atoms with van der Waals surface area (Å²) in [5, 5.41) is 41.6. The van der Waals surface area contributed by atoms with Crippen LogP contribution in [0.3, 0.4) is 0 Å². The van der Waals surface area contributed by atoms with Crippen LogP contribution in [0.5, 0.6) is 0 Å². The van der Waals surface area contributed by atoms with Gasteiger partial charge in [-0.25, -0.2) is 4.79 Å². The van der Waals surface area contributed by atoms with E-state index in [1.54, 1.807) is 0 Å². The summed E-state index contributed by atoms with van der Waals surface area (Å²) in [5.41, 5.74) is 5.04. The number of nitrogens with two attached hydrogens (primary N) is 1. The lowest BCUT2D eigenvalue weighted by molar-refractivity contribution is -0.143. The van der Waals surface area contributed by atoms with E-state index in [4.69, 9.17) is 26.2 Å². The Hall–Kier alpha value is -2.28. The molecule has 12 nitrogen and oxygen atoms in total. The number of hydrogen-bond acceptors (Lipinski definition) is 8. The number of aliphatic hydroxyl groups excluding tert-OH is 3. The number of rotatable bonds is 10. The van der Waals surface area contributed by atoms with E-state index < -0.39 is 68.2 Å². The van der Waals surface area contributed by atoms with E-state index in [0.717, 1.165) is 0 Å². The van der Waals surface area contributed by atoms with Crippen molar-refractivity contribution in [1.82, 2.24) is 16.0 Å². The van der Waals surface area contributed by atoms with Gasteiger partial charge in [-0.1, -0.05) is 0 Å². The first-order valence-electron chi connectivity index (χ1n) is 6.46. The Morgan fingerprint density at radius 1 is 0.783 bits per heavy atom. The van der Waals surface area contributed by atoms with Crippen LogP contribution in [-0.4, -0.2) is 88.6 Å². The van der Waals surface area contributed by atoms with E-state index in [9.17, 15) is 19.2 Å². The van der Waals surface area contributed by atoms with E-state index in [0.29, 0.717) is 0 Å². The van der Waals surface area contributed by atoms with Gasteiger partial charge in [-0.05, 0) is 0 Å². The van der Waals surface area contributed by atoms with Gasteiger partial charge in [-0.15, -0.1) is 0 Å². The number of hydrogen-bond donors (Lipinski definition) is 8. The molecular weight excluding hydrogens is 316 g/mol. The molecule has 0 saturated heterocycles. The third-order valence-corrected chi connectivity index (χ3v) is 2.63. The summed E-state index contributed by atoms with van der Waals surface area (Å²) < 4.78 is 0. The van der Waals surface area contributed by atoms with Crippen LogP contribution in [0.2, 0.25) is 0 Å². The molecule has 132 valence electrons. The molecule has 0 saturated carbocycles. The fourth-order valence-electron chi connectivity index (χ4n) is 1.37. The first kappa shape index (κ1) is 20.7. The Morgan fingerprint density at radius 2 is 1.17 bits per heavy atom. The second-order valence-corrected chi connectivity index (χ2v) is 4.33. The van der Waals surface area contributed by atoms with Gasteiger partial charge < -0.3 is 42.1 Å². The molecule has 12 heteroatoms. The van der Waals surface area contributed by atoms with E-state index in [2.05, 4.69) is 5.32 Å². The predicted molar refractivity (Wildman–Crippen MR) is 73.7 cm³/mol. The molecule has 0 aliphatic heterocycles. The molecule has 3 atom stereocenters. The van der Waals surface area contributed by atoms with Gasteiger partial charge in [0.2, 0.25) is 17.7 Å². The fourth-order valence-corrected chi connectivity index (χ4v) is 1.37. The third kappa shape index (κ3) is 7.01. The minimum absolute atomic E-state index is 0.426. The highest BCUT2D eigenvalue weighted by Gasteiger charge is 2.28. The van der Waals surface area contributed by atoms with Gasteiger partial charge in [-0.2, -0.15) is 0 Å². The van der Waals surface area contributed by atoms with E-state index >= 15 is 0 Å². The smallest absolute Gasteiger partial charge is 0.328 e. The maximum absolute atomic E-state index is 11.8. The topological polar surface area (TPSA) is 211 Å². The Labute approximate surface area is 130 Å². The minimum Gasteiger partial charge on any atom is -0.480 e. The van der Waals surface area contributed by atoms with Gasteiger partial charge >= 0.3 is 5.97 Å². The molecule has 0 fully saturated rings. The van der Waals surface area contributed by atoms with E-state index in [-0.39, 0.29) is 0 Å². The molecule has 0 aliphatic rings. The van der Waals surface area contributed by atoms with Gasteiger partial charge in [0, 0.05) is 0 Å². The zero-order chi connectivity index (χ0) is 18.0. The lowest BCUT2D eigenvalue weighted by Crippen LogP contribution is -2.58. The molecule has 0 unspecified atom stereocenters. The molecule has 0 aliphatic carbocycles. The van der Waals surface area contributed by atoms with Crippen molar-refractivity contribution in [2.75, 3.05) is 26.4 Å². The zero-order valence-electron chi connectivity index (χ0n) is 12.1. The predicted octanol–water partition coefficient (Wildman–Crippen LogP) is -5.54. The SMILES string of the molecule is NCC(=O)N[C@@H](CO)C(=O)N[C@@H](CO)C(=O)N[C@@H](CO)C(=O)O. The summed E-state index contributed by atoms with van der Waals surface area (Å²) in [4.78, 5) is 45.3. The maximum atomic E-state index is 11.8. The fraction of sp³-hybridized carbons (Fsp3) is 0.636. The first-order valence-corrected chi connectivity index (χ1v) is 6.46. The lowest BCUT2D eigenvalue weighted by atomic mass is 10.2. The number of aliphatic carboxylic acids is 1. The highest BCUT2D eigenvalue weighted by atomic mass is 16.4. The number of amides is 3. The largest absolute Gasteiger partial charge is 0.480 e. The number of nitrogens with one attached hydrogen (secondary N) is 3. The minimum atomic E-state index is -1.61. The van der Waals surface area contributed by atoms with Gasteiger partial charge in [-0.3, -0.25) is 14.4 Å². The average molecular weight is 336 g/mol. The summed E-state index contributed by atoms with van der Waals surface area (Å²) in [6.07, 6.45) is 0. The number of carboxylic acid groups (broad SMARTS) is 1. The Bertz CT molecular complexity index is 444. The van der Waals surface area contributed by atoms with Crippen LogP contribution in [0.25, 0.3) is 0 Å². The summed E-state index contributed by atoms with van der Waals surface area (Å²) in [6.45, 7) is -2.98. The Balaban J connectivity index is 4.78. The number of aliphatic hydroxyl groups is 3. The van der Waals surface area contributed by atoms with E-state index in [1.165, 1.54) is 0 Å². The molecule has 0 heterocycles. The molecule has 3 amide bonds. The van der Waals surface area contributed by atoms with Crippen molar-refractivity contribution in [1.29, 1.82) is 0 Å². The zero-order valence-corrected chi connectivity index (χ0v) is 12.1. The molecular formula is C11H20N4O8. The van der Waals surface area contributed by atoms with Crippen molar-refractivity contribution in [3.8, 4) is 0 Å². The van der Waals surface area contributed by atoms with Crippen molar-refractivity contribution in [3.63, 3.8) is 0 Å². The molecule has 0 aromatic rings. The Kier molecular flexibility index (Phi) is 9.41. The van der Waals surface area contributed by atoms with Crippen LogP contribution in [0.15, 0.2) is 0 Å². The number of carboxylic acids is 1. The highest BCUT2D eigenvalue weighted by Crippen LogP contribution is 1.91. The molecule has 0 aromatic carbocycles. The van der Waals surface area contributed by atoms with Crippen molar-refractivity contribution in [2.24, 2.45) is 5.73 Å². The summed E-state index contributed by atoms with van der Waals surface area (Å²) in [6, 6.07) is -4.56. The monoisotopic (exact) mass is 336 g/mol. The van der Waals surface area contributed by atoms with Crippen LogP contribution in [0.1, 0.15) is 0 Å². The average Bonchev–Trinajstić information content (AvgIpc) is 2.53. The summed E-state index contributed by atoms with van der Waals surface area (Å²) in [5.74, 6) is -4.29. The quantitative estimate of drug-likeness (QED) is 0.191. The molecule has 0 radical (unpaired) electrons. The van der Waals surface area contributed by atoms with Gasteiger partial charge in [0.25, 0.3) is 0 Å². The van der Waals surface area contributed by atoms with Crippen LogP contribution in [0, 0.1) is 0 Å². The maximum Gasteiger partial charge on any atom is 0.328 e. The standard InChI is InChI=1S/C11H20N4O8/c12-1-8(19)13-5(2-16)9(20)14-6(3-17)10(21)15-7(4-18)11(22)23/h5-7,16-18H,1-4,12H2,(H,13,19)(H,14,20)(H,15,21)(H,22,23)/t5-,6-,7-/m0/s1. The van der Waals surface area contributed by atoms with Crippen molar-refractivity contribution in [2.45, 2.75) is 18.1 Å². The summed E-state index contributed by atoms with van der Waals surface area (Å²) >= 11 is 0. The van der Waals surface area contributed by atoms with Gasteiger partial charge in [0.05, 0.1) is 26.4 Å². The second kappa shape index (κ2) is 10.4. The van der Waals surface area contributed by atoms with E-state index in [1.807, 2.05) is 10.6 Å². The van der Waals surface area contributed by atoms with Crippen LogP contribution < -0.4 is 21.7 Å². The normalized spacial score (nSPS) is 14.3. The number of carbonyl (C=O) groups is 4. The molecule has 0 aromatic heterocycles. The van der Waals surface area contributed by atoms with Gasteiger partial charge in [0.15, 0.2) is 0 Å². The molecule has 0 rings (SSSR count). The second-order valence-electron chi connectivity index (χ2n) is 4.33. The van der Waals surface area contributed by atoms with Crippen molar-refractivity contribution < 1.29 is 39.6 Å². The van der Waals surface area contributed by atoms with Crippen LogP contribution in [-0.2, 0) is 19.2 Å². The lowest BCUT2D eigenvalue weighted by Gasteiger charge is -2.21. The van der Waals surface area contributed by atoms with Crippen LogP contribution >= 0.6 is 0 Å². The van der Waals surface area contributed by atoms with Gasteiger partial charge in [0.1, 0.15) is 18.1 Å². The molecule has 0 bridgehead atoms. The van der Waals surface area contributed by atoms with Crippen LogP contribution in [0.4, 0.5) is 0 Å². The molecule has 23 heavy (non-hydrogen) atoms. The summed E-state index contributed by atoms with van der Waals surface area (Å²) in [7, 11) is 0. The molecule has 0 spiro atoms. The van der Waals surface area contributed by atoms with Crippen molar-refractivity contribution in [3.05, 3.63) is 0 Å². The third-order valence-electron chi connectivity index (χ3n) is 2.63. The Morgan fingerprint density at radius 3 is 1.52 bits per heavy atom. The highest BCUT2D eigenvalue weighted by molar-refractivity contribution is 5.93. The first-order chi connectivity index (χ1) is 10.8. The number of carbonyl (C=O) groups excluding carboxylic acids is 3.